The minimum atomic E-state index is -2.92. The second-order valence-corrected chi connectivity index (χ2v) is 11.4. The van der Waals surface area contributed by atoms with Crippen LogP contribution in [0.25, 0.3) is 0 Å². The largest absolute Gasteiger partial charge is 0.322 e. The third kappa shape index (κ3) is 7.27. The molecule has 0 spiro atoms. The standard InChI is InChI=1S/C20H30Cl2N4O3S/c1-30(28,29)12-11-24-6-2-3-16(14-24)15-25-7-9-26(10-8-25)20(27)23-17-4-5-18(21)19(22)13-17/h4-5,13,16H,2-3,6-12,14-15H2,1H3,(H,23,27)/t16-/m1/s1. The molecular weight excluding hydrogens is 447 g/mol. The van der Waals surface area contributed by atoms with Crippen molar-refractivity contribution < 1.29 is 13.2 Å². The Balaban J connectivity index is 1.41. The highest BCUT2D eigenvalue weighted by atomic mass is 35.5. The number of amides is 2. The molecular formula is C20H30Cl2N4O3S. The van der Waals surface area contributed by atoms with Gasteiger partial charge in [0.2, 0.25) is 0 Å². The highest BCUT2D eigenvalue weighted by Gasteiger charge is 2.26. The maximum absolute atomic E-state index is 12.5. The summed E-state index contributed by atoms with van der Waals surface area (Å²) in [6.45, 7) is 6.59. The molecule has 0 saturated carbocycles. The molecule has 2 aliphatic heterocycles. The van der Waals surface area contributed by atoms with Crippen LogP contribution in [0.15, 0.2) is 18.2 Å². The monoisotopic (exact) mass is 476 g/mol. The van der Waals surface area contributed by atoms with Crippen molar-refractivity contribution in [3.63, 3.8) is 0 Å². The van der Waals surface area contributed by atoms with E-state index in [1.54, 1.807) is 18.2 Å². The fourth-order valence-electron chi connectivity index (χ4n) is 4.07. The summed E-state index contributed by atoms with van der Waals surface area (Å²) in [5.41, 5.74) is 0.633. The van der Waals surface area contributed by atoms with E-state index >= 15 is 0 Å². The van der Waals surface area contributed by atoms with Gasteiger partial charge in [0.05, 0.1) is 15.8 Å². The van der Waals surface area contributed by atoms with Gasteiger partial charge in [0.1, 0.15) is 9.84 Å². The van der Waals surface area contributed by atoms with Gasteiger partial charge in [-0.1, -0.05) is 23.2 Å². The topological polar surface area (TPSA) is 73.0 Å². The lowest BCUT2D eigenvalue weighted by molar-refractivity contribution is 0.103. The smallest absolute Gasteiger partial charge is 0.321 e. The number of nitrogens with zero attached hydrogens (tertiary/aromatic N) is 3. The van der Waals surface area contributed by atoms with Crippen LogP contribution in [0.4, 0.5) is 10.5 Å². The van der Waals surface area contributed by atoms with E-state index in [2.05, 4.69) is 15.1 Å². The SMILES string of the molecule is CS(=O)(=O)CCN1CCC[C@@H](CN2CCN(C(=O)Nc3ccc(Cl)c(Cl)c3)CC2)C1. The molecule has 3 rings (SSSR count). The molecule has 1 aromatic rings. The average Bonchev–Trinajstić information content (AvgIpc) is 2.69. The summed E-state index contributed by atoms with van der Waals surface area (Å²) in [4.78, 5) is 19.0. The van der Waals surface area contributed by atoms with Gasteiger partial charge in [0, 0.05) is 57.8 Å². The molecule has 10 heteroatoms. The fraction of sp³-hybridized carbons (Fsp3) is 0.650. The zero-order valence-electron chi connectivity index (χ0n) is 17.3. The second kappa shape index (κ2) is 10.5. The summed E-state index contributed by atoms with van der Waals surface area (Å²) in [5.74, 6) is 0.779. The Bertz CT molecular complexity index is 844. The lowest BCUT2D eigenvalue weighted by Gasteiger charge is -2.39. The molecule has 2 fully saturated rings. The Morgan fingerprint density at radius 2 is 1.83 bits per heavy atom. The molecule has 1 aromatic carbocycles. The Hall–Kier alpha value is -1.06. The van der Waals surface area contributed by atoms with Crippen molar-refractivity contribution in [2.24, 2.45) is 5.92 Å². The van der Waals surface area contributed by atoms with Gasteiger partial charge in [0.15, 0.2) is 0 Å². The first-order valence-electron chi connectivity index (χ1n) is 10.3. The zero-order chi connectivity index (χ0) is 21.7. The first kappa shape index (κ1) is 23.6. The minimum Gasteiger partial charge on any atom is -0.322 e. The van der Waals surface area contributed by atoms with E-state index in [4.69, 9.17) is 23.2 Å². The number of carbonyl (C=O) groups excluding carboxylic acids is 1. The van der Waals surface area contributed by atoms with E-state index in [0.29, 0.717) is 41.3 Å². The number of halogens is 2. The highest BCUT2D eigenvalue weighted by Crippen LogP contribution is 2.25. The summed E-state index contributed by atoms with van der Waals surface area (Å²) >= 11 is 11.9. The molecule has 2 aliphatic rings. The first-order valence-corrected chi connectivity index (χ1v) is 13.1. The van der Waals surface area contributed by atoms with Gasteiger partial charge in [-0.2, -0.15) is 0 Å². The van der Waals surface area contributed by atoms with E-state index in [9.17, 15) is 13.2 Å². The Morgan fingerprint density at radius 3 is 2.50 bits per heavy atom. The zero-order valence-corrected chi connectivity index (χ0v) is 19.6. The maximum atomic E-state index is 12.5. The molecule has 0 aliphatic carbocycles. The highest BCUT2D eigenvalue weighted by molar-refractivity contribution is 7.90. The molecule has 7 nitrogen and oxygen atoms in total. The van der Waals surface area contributed by atoms with E-state index in [1.165, 1.54) is 12.7 Å². The molecule has 2 saturated heterocycles. The predicted molar refractivity (Wildman–Crippen MR) is 122 cm³/mol. The van der Waals surface area contributed by atoms with Gasteiger partial charge < -0.3 is 15.1 Å². The number of sulfone groups is 1. The van der Waals surface area contributed by atoms with Crippen molar-refractivity contribution in [1.82, 2.24) is 14.7 Å². The molecule has 0 bridgehead atoms. The van der Waals surface area contributed by atoms with Gasteiger partial charge in [-0.25, -0.2) is 13.2 Å². The van der Waals surface area contributed by atoms with Crippen LogP contribution in [0.2, 0.25) is 10.0 Å². The van der Waals surface area contributed by atoms with Gasteiger partial charge >= 0.3 is 6.03 Å². The van der Waals surface area contributed by atoms with Crippen molar-refractivity contribution in [2.75, 3.05) is 69.7 Å². The average molecular weight is 477 g/mol. The Labute approximate surface area is 189 Å². The number of likely N-dealkylation sites (tertiary alicyclic amines) is 1. The summed E-state index contributed by atoms with van der Waals surface area (Å²) in [5, 5.41) is 3.75. The van der Waals surface area contributed by atoms with E-state index in [1.807, 2.05) is 4.90 Å². The molecule has 1 N–H and O–H groups in total. The first-order chi connectivity index (χ1) is 14.2. The molecule has 0 unspecified atom stereocenters. The number of piperidine rings is 1. The van der Waals surface area contributed by atoms with Crippen molar-refractivity contribution in [1.29, 1.82) is 0 Å². The van der Waals surface area contributed by atoms with Gasteiger partial charge in [-0.3, -0.25) is 4.90 Å². The third-order valence-electron chi connectivity index (χ3n) is 5.73. The molecule has 30 heavy (non-hydrogen) atoms. The number of urea groups is 1. The van der Waals surface area contributed by atoms with Gasteiger partial charge in [-0.05, 0) is 43.5 Å². The van der Waals surface area contributed by atoms with Crippen LogP contribution in [0.5, 0.6) is 0 Å². The summed E-state index contributed by atoms with van der Waals surface area (Å²) in [7, 11) is -2.92. The van der Waals surface area contributed by atoms with Crippen LogP contribution in [0.1, 0.15) is 12.8 Å². The molecule has 168 valence electrons. The number of rotatable bonds is 6. The summed E-state index contributed by atoms with van der Waals surface area (Å²) in [6.07, 6.45) is 3.58. The number of hydrogen-bond acceptors (Lipinski definition) is 5. The molecule has 2 amide bonds. The van der Waals surface area contributed by atoms with Crippen molar-refractivity contribution in [3.05, 3.63) is 28.2 Å². The third-order valence-corrected chi connectivity index (χ3v) is 7.39. The van der Waals surface area contributed by atoms with Crippen LogP contribution in [0, 0.1) is 5.92 Å². The normalized spacial score (nSPS) is 21.6. The Morgan fingerprint density at radius 1 is 1.10 bits per heavy atom. The molecule has 2 heterocycles. The predicted octanol–water partition coefficient (Wildman–Crippen LogP) is 2.90. The van der Waals surface area contributed by atoms with Crippen LogP contribution >= 0.6 is 23.2 Å². The summed E-state index contributed by atoms with van der Waals surface area (Å²) in [6, 6.07) is 4.93. The number of nitrogens with one attached hydrogen (secondary N) is 1. The molecule has 0 aromatic heterocycles. The van der Waals surface area contributed by atoms with E-state index < -0.39 is 9.84 Å². The van der Waals surface area contributed by atoms with Crippen molar-refractivity contribution in [2.45, 2.75) is 12.8 Å². The number of anilines is 1. The van der Waals surface area contributed by atoms with Gasteiger partial charge in [-0.15, -0.1) is 0 Å². The fourth-order valence-corrected chi connectivity index (χ4v) is 4.96. The Kier molecular flexibility index (Phi) is 8.26. The van der Waals surface area contributed by atoms with E-state index in [0.717, 1.165) is 39.1 Å². The van der Waals surface area contributed by atoms with Crippen LogP contribution in [0.3, 0.4) is 0 Å². The van der Waals surface area contributed by atoms with Crippen LogP contribution in [-0.4, -0.2) is 93.5 Å². The van der Waals surface area contributed by atoms with Crippen LogP contribution < -0.4 is 5.32 Å². The van der Waals surface area contributed by atoms with E-state index in [-0.39, 0.29) is 11.8 Å². The molecule has 0 radical (unpaired) electrons. The number of carbonyl (C=O) groups is 1. The molecule has 1 atom stereocenters. The quantitative estimate of drug-likeness (QED) is 0.682. The lowest BCUT2D eigenvalue weighted by Crippen LogP contribution is -2.52. The lowest BCUT2D eigenvalue weighted by atomic mass is 9.97. The number of hydrogen-bond donors (Lipinski definition) is 1. The second-order valence-electron chi connectivity index (χ2n) is 8.29. The van der Waals surface area contributed by atoms with Crippen molar-refractivity contribution >= 4 is 44.8 Å². The summed E-state index contributed by atoms with van der Waals surface area (Å²) < 4.78 is 22.8. The number of piperazine rings is 1. The minimum absolute atomic E-state index is 0.127. The number of benzene rings is 1. The van der Waals surface area contributed by atoms with Crippen molar-refractivity contribution in [3.8, 4) is 0 Å². The maximum Gasteiger partial charge on any atom is 0.321 e. The van der Waals surface area contributed by atoms with Gasteiger partial charge in [0.25, 0.3) is 0 Å². The van der Waals surface area contributed by atoms with Crippen LogP contribution in [-0.2, 0) is 9.84 Å².